The molecule has 162 valence electrons. The van der Waals surface area contributed by atoms with Crippen molar-refractivity contribution >= 4 is 33.1 Å². The summed E-state index contributed by atoms with van der Waals surface area (Å²) in [5, 5.41) is 0.206. The number of anilines is 1. The predicted molar refractivity (Wildman–Crippen MR) is 122 cm³/mol. The number of sulfonamides is 1. The van der Waals surface area contributed by atoms with Gasteiger partial charge in [-0.25, -0.2) is 13.4 Å². The molecule has 3 aromatic rings. The second-order valence-electron chi connectivity index (χ2n) is 8.35. The van der Waals surface area contributed by atoms with Gasteiger partial charge < -0.3 is 0 Å². The third kappa shape index (κ3) is 4.94. The highest BCUT2D eigenvalue weighted by molar-refractivity contribution is 7.92. The number of nitrogens with zero attached hydrogens (tertiary/aromatic N) is 2. The Morgan fingerprint density at radius 2 is 1.68 bits per heavy atom. The van der Waals surface area contributed by atoms with Crippen LogP contribution in [0, 0.1) is 13.8 Å². The Bertz CT molecular complexity index is 1230. The van der Waals surface area contributed by atoms with Crippen LogP contribution in [0.15, 0.2) is 53.7 Å². The smallest absolute Gasteiger partial charge is 0.261 e. The van der Waals surface area contributed by atoms with Crippen molar-refractivity contribution in [3.05, 3.63) is 81.9 Å². The number of rotatable bonds is 5. The summed E-state index contributed by atoms with van der Waals surface area (Å²) < 4.78 is 28.5. The minimum atomic E-state index is -3.97. The summed E-state index contributed by atoms with van der Waals surface area (Å²) in [4.78, 5) is 21.6. The molecule has 0 spiro atoms. The lowest BCUT2D eigenvalue weighted by atomic mass is 9.87. The SMILES string of the molecule is Cc1ccnc(C)c1C(=O)c1ncc(Cl)cc1NS(=O)(=O)c1ccc(C(C)(C)C)cc1. The quantitative estimate of drug-likeness (QED) is 0.540. The fraction of sp³-hybridized carbons (Fsp3) is 0.261. The van der Waals surface area contributed by atoms with Gasteiger partial charge in [0, 0.05) is 23.7 Å². The summed E-state index contributed by atoms with van der Waals surface area (Å²) in [7, 11) is -3.97. The lowest BCUT2D eigenvalue weighted by Crippen LogP contribution is -2.18. The fourth-order valence-corrected chi connectivity index (χ4v) is 4.41. The zero-order valence-corrected chi connectivity index (χ0v) is 19.6. The van der Waals surface area contributed by atoms with Crippen molar-refractivity contribution in [1.82, 2.24) is 9.97 Å². The summed E-state index contributed by atoms with van der Waals surface area (Å²) in [5.74, 6) is -0.430. The molecule has 8 heteroatoms. The largest absolute Gasteiger partial charge is 0.287 e. The maximum atomic E-state index is 13.2. The Morgan fingerprint density at radius 3 is 2.26 bits per heavy atom. The zero-order valence-electron chi connectivity index (χ0n) is 18.0. The number of aromatic nitrogens is 2. The van der Waals surface area contributed by atoms with Crippen LogP contribution in [0.4, 0.5) is 5.69 Å². The van der Waals surface area contributed by atoms with Crippen molar-refractivity contribution in [2.45, 2.75) is 44.9 Å². The fourth-order valence-electron chi connectivity index (χ4n) is 3.19. The molecule has 0 bridgehead atoms. The number of ketones is 1. The van der Waals surface area contributed by atoms with Crippen molar-refractivity contribution in [3.63, 3.8) is 0 Å². The highest BCUT2D eigenvalue weighted by Gasteiger charge is 2.24. The van der Waals surface area contributed by atoms with Gasteiger partial charge in [-0.15, -0.1) is 0 Å². The number of carbonyl (C=O) groups is 1. The highest BCUT2D eigenvalue weighted by atomic mass is 35.5. The molecule has 2 heterocycles. The normalized spacial score (nSPS) is 11.9. The number of halogens is 1. The van der Waals surface area contributed by atoms with Gasteiger partial charge in [0.1, 0.15) is 5.69 Å². The molecule has 3 rings (SSSR count). The maximum absolute atomic E-state index is 13.2. The number of hydrogen-bond acceptors (Lipinski definition) is 5. The second kappa shape index (κ2) is 8.40. The molecule has 0 saturated carbocycles. The minimum Gasteiger partial charge on any atom is -0.287 e. The van der Waals surface area contributed by atoms with Crippen molar-refractivity contribution in [1.29, 1.82) is 0 Å². The summed E-state index contributed by atoms with van der Waals surface area (Å²) in [6, 6.07) is 9.73. The van der Waals surface area contributed by atoms with Gasteiger partial charge in [-0.2, -0.15) is 0 Å². The maximum Gasteiger partial charge on any atom is 0.261 e. The number of nitrogens with one attached hydrogen (secondary N) is 1. The van der Waals surface area contributed by atoms with E-state index in [4.69, 9.17) is 11.6 Å². The molecular weight excluding hydrogens is 434 g/mol. The van der Waals surface area contributed by atoms with Crippen LogP contribution >= 0.6 is 11.6 Å². The Kier molecular flexibility index (Phi) is 6.21. The number of hydrogen-bond donors (Lipinski definition) is 1. The van der Waals surface area contributed by atoms with Crippen LogP contribution < -0.4 is 4.72 Å². The van der Waals surface area contributed by atoms with Gasteiger partial charge in [0.15, 0.2) is 0 Å². The third-order valence-electron chi connectivity index (χ3n) is 4.92. The zero-order chi connectivity index (χ0) is 23.0. The van der Waals surface area contributed by atoms with Crippen molar-refractivity contribution in [2.75, 3.05) is 4.72 Å². The van der Waals surface area contributed by atoms with Gasteiger partial charge in [0.25, 0.3) is 10.0 Å². The van der Waals surface area contributed by atoms with Crippen LogP contribution in [0.5, 0.6) is 0 Å². The number of aryl methyl sites for hydroxylation is 2. The first-order valence-corrected chi connectivity index (χ1v) is 11.5. The Balaban J connectivity index is 2.02. The summed E-state index contributed by atoms with van der Waals surface area (Å²) in [6.45, 7) is 9.65. The molecule has 0 unspecified atom stereocenters. The van der Waals surface area contributed by atoms with E-state index in [1.165, 1.54) is 24.4 Å². The molecule has 0 saturated heterocycles. The lowest BCUT2D eigenvalue weighted by molar-refractivity contribution is 0.103. The van der Waals surface area contributed by atoms with Crippen LogP contribution in [0.1, 0.15) is 53.6 Å². The standard InChI is InChI=1S/C23H24ClN3O3S/c1-14-10-11-25-15(2)20(14)22(28)21-19(12-17(24)13-26-21)27-31(29,30)18-8-6-16(7-9-18)23(3,4)5/h6-13,27H,1-5H3. The lowest BCUT2D eigenvalue weighted by Gasteiger charge is -2.19. The van der Waals surface area contributed by atoms with Gasteiger partial charge in [-0.3, -0.25) is 14.5 Å². The number of benzene rings is 1. The molecule has 1 aromatic carbocycles. The number of carbonyl (C=O) groups excluding carboxylic acids is 1. The molecule has 0 aliphatic carbocycles. The number of pyridine rings is 2. The van der Waals surface area contributed by atoms with Crippen LogP contribution in [-0.4, -0.2) is 24.2 Å². The van der Waals surface area contributed by atoms with E-state index in [0.29, 0.717) is 11.3 Å². The molecule has 2 aromatic heterocycles. The first-order valence-electron chi connectivity index (χ1n) is 9.66. The van der Waals surface area contributed by atoms with Gasteiger partial charge in [0.05, 0.1) is 15.6 Å². The van der Waals surface area contributed by atoms with Crippen LogP contribution in [0.25, 0.3) is 0 Å². The molecular formula is C23H24ClN3O3S. The van der Waals surface area contributed by atoms with E-state index in [0.717, 1.165) is 11.1 Å². The third-order valence-corrected chi connectivity index (χ3v) is 6.51. The van der Waals surface area contributed by atoms with E-state index in [2.05, 4.69) is 14.7 Å². The molecule has 0 aliphatic rings. The van der Waals surface area contributed by atoms with Crippen LogP contribution in [0.3, 0.4) is 0 Å². The average Bonchev–Trinajstić information content (AvgIpc) is 2.67. The van der Waals surface area contributed by atoms with E-state index in [9.17, 15) is 13.2 Å². The highest BCUT2D eigenvalue weighted by Crippen LogP contribution is 2.27. The first kappa shape index (κ1) is 22.9. The first-order chi connectivity index (χ1) is 14.4. The van der Waals surface area contributed by atoms with Gasteiger partial charge in [-0.1, -0.05) is 44.5 Å². The van der Waals surface area contributed by atoms with Crippen LogP contribution in [0.2, 0.25) is 5.02 Å². The van der Waals surface area contributed by atoms with E-state index in [1.54, 1.807) is 38.2 Å². The molecule has 0 radical (unpaired) electrons. The summed E-state index contributed by atoms with van der Waals surface area (Å²) >= 11 is 6.05. The predicted octanol–water partition coefficient (Wildman–Crippen LogP) is 5.08. The van der Waals surface area contributed by atoms with Crippen molar-refractivity contribution in [2.24, 2.45) is 0 Å². The molecule has 0 fully saturated rings. The monoisotopic (exact) mass is 457 g/mol. The topological polar surface area (TPSA) is 89.0 Å². The molecule has 0 atom stereocenters. The second-order valence-corrected chi connectivity index (χ2v) is 10.5. The average molecular weight is 458 g/mol. The molecule has 0 amide bonds. The van der Waals surface area contributed by atoms with E-state index >= 15 is 0 Å². The summed E-state index contributed by atoms with van der Waals surface area (Å²) in [5.41, 5.74) is 2.51. The molecule has 31 heavy (non-hydrogen) atoms. The van der Waals surface area contributed by atoms with Crippen molar-refractivity contribution in [3.8, 4) is 0 Å². The Hall–Kier alpha value is -2.77. The van der Waals surface area contributed by atoms with Gasteiger partial charge >= 0.3 is 0 Å². The van der Waals surface area contributed by atoms with Gasteiger partial charge in [0.2, 0.25) is 5.78 Å². The van der Waals surface area contributed by atoms with Gasteiger partial charge in [-0.05, 0) is 54.7 Å². The summed E-state index contributed by atoms with van der Waals surface area (Å²) in [6.07, 6.45) is 2.92. The molecule has 1 N–H and O–H groups in total. The minimum absolute atomic E-state index is 0.0139. The Labute approximate surface area is 187 Å². The molecule has 0 aliphatic heterocycles. The van der Waals surface area contributed by atoms with E-state index in [1.807, 2.05) is 20.8 Å². The van der Waals surface area contributed by atoms with E-state index in [-0.39, 0.29) is 26.7 Å². The van der Waals surface area contributed by atoms with Crippen LogP contribution in [-0.2, 0) is 15.4 Å². The van der Waals surface area contributed by atoms with E-state index < -0.39 is 15.8 Å². The van der Waals surface area contributed by atoms with Crippen molar-refractivity contribution < 1.29 is 13.2 Å². The molecule has 6 nitrogen and oxygen atoms in total. The Morgan fingerprint density at radius 1 is 1.03 bits per heavy atom.